The first-order valence-corrected chi connectivity index (χ1v) is 9.76. The van der Waals surface area contributed by atoms with Crippen LogP contribution in [0.25, 0.3) is 11.3 Å². The average Bonchev–Trinajstić information content (AvgIpc) is 3.31. The summed E-state index contributed by atoms with van der Waals surface area (Å²) in [6.07, 6.45) is 3.87. The number of aromatic nitrogens is 3. The van der Waals surface area contributed by atoms with Crippen molar-refractivity contribution < 1.29 is 18.3 Å². The molecule has 0 atom stereocenters. The van der Waals surface area contributed by atoms with Crippen molar-refractivity contribution in [3.05, 3.63) is 18.3 Å². The lowest BCUT2D eigenvalue weighted by molar-refractivity contribution is -0.0494. The fourth-order valence-electron chi connectivity index (χ4n) is 4.21. The smallest absolute Gasteiger partial charge is 0.387 e. The van der Waals surface area contributed by atoms with Crippen LogP contribution in [0.5, 0.6) is 5.75 Å². The van der Waals surface area contributed by atoms with Crippen LogP contribution in [-0.4, -0.2) is 60.5 Å². The fourth-order valence-corrected chi connectivity index (χ4v) is 4.21. The van der Waals surface area contributed by atoms with Gasteiger partial charge in [0.2, 0.25) is 5.95 Å². The number of ether oxygens (including phenoxy) is 2. The molecule has 3 aliphatic heterocycles. The normalized spacial score (nSPS) is 23.4. The van der Waals surface area contributed by atoms with Gasteiger partial charge >= 0.3 is 6.61 Å². The second-order valence-electron chi connectivity index (χ2n) is 7.64. The van der Waals surface area contributed by atoms with Crippen molar-refractivity contribution in [1.29, 1.82) is 0 Å². The molecule has 4 aliphatic rings. The zero-order chi connectivity index (χ0) is 20.0. The number of rotatable bonds is 5. The van der Waals surface area contributed by atoms with Crippen molar-refractivity contribution in [2.75, 3.05) is 48.4 Å². The highest BCUT2D eigenvalue weighted by Crippen LogP contribution is 2.43. The van der Waals surface area contributed by atoms with Crippen LogP contribution in [0.4, 0.5) is 26.4 Å². The van der Waals surface area contributed by atoms with Crippen LogP contribution in [-0.2, 0) is 4.74 Å². The van der Waals surface area contributed by atoms with E-state index in [-0.39, 0.29) is 11.6 Å². The number of anilines is 3. The van der Waals surface area contributed by atoms with Gasteiger partial charge in [-0.15, -0.1) is 0 Å². The van der Waals surface area contributed by atoms with E-state index in [4.69, 9.17) is 20.4 Å². The third-order valence-corrected chi connectivity index (χ3v) is 5.79. The van der Waals surface area contributed by atoms with Crippen molar-refractivity contribution in [2.45, 2.75) is 25.5 Å². The Labute approximate surface area is 166 Å². The molecule has 4 fully saturated rings. The number of pyridine rings is 1. The number of fused-ring (bicyclic) bond motifs is 1. The van der Waals surface area contributed by atoms with E-state index in [0.717, 1.165) is 25.5 Å². The Bertz CT molecular complexity index is 902. The molecule has 0 spiro atoms. The van der Waals surface area contributed by atoms with Crippen LogP contribution in [0.1, 0.15) is 12.8 Å². The summed E-state index contributed by atoms with van der Waals surface area (Å²) < 4.78 is 35.4. The Morgan fingerprint density at radius 1 is 1.17 bits per heavy atom. The summed E-state index contributed by atoms with van der Waals surface area (Å²) in [5.74, 6) is 1.93. The lowest BCUT2D eigenvalue weighted by atomic mass is 9.86. The molecule has 0 amide bonds. The Kier molecular flexibility index (Phi) is 4.57. The van der Waals surface area contributed by atoms with Crippen molar-refractivity contribution in [3.8, 4) is 17.0 Å². The van der Waals surface area contributed by atoms with Gasteiger partial charge in [-0.05, 0) is 24.8 Å². The molecule has 0 aromatic carbocycles. The molecule has 2 N–H and O–H groups in total. The van der Waals surface area contributed by atoms with Crippen LogP contribution in [0, 0.1) is 5.92 Å². The number of nitrogen functional groups attached to an aromatic ring is 1. The molecule has 2 aromatic heterocycles. The van der Waals surface area contributed by atoms with Gasteiger partial charge in [-0.3, -0.25) is 0 Å². The van der Waals surface area contributed by atoms with E-state index >= 15 is 0 Å². The first kappa shape index (κ1) is 18.3. The first-order valence-electron chi connectivity index (χ1n) is 9.76. The topological polar surface area (TPSA) is 89.6 Å². The molecule has 3 saturated heterocycles. The fraction of sp³-hybridized carbons (Fsp3) is 0.526. The highest BCUT2D eigenvalue weighted by Gasteiger charge is 2.44. The van der Waals surface area contributed by atoms with Crippen molar-refractivity contribution in [3.63, 3.8) is 0 Å². The van der Waals surface area contributed by atoms with Crippen molar-refractivity contribution in [2.24, 2.45) is 5.92 Å². The van der Waals surface area contributed by atoms with Crippen LogP contribution >= 0.6 is 0 Å². The Morgan fingerprint density at radius 2 is 1.97 bits per heavy atom. The van der Waals surface area contributed by atoms with E-state index < -0.39 is 6.61 Å². The number of morpholine rings is 1. The summed E-state index contributed by atoms with van der Waals surface area (Å²) >= 11 is 0. The summed E-state index contributed by atoms with van der Waals surface area (Å²) in [5.41, 5.74) is 6.84. The SMILES string of the molecule is Nc1ncc(-c2cc(N3CCOCC3)nc(N3CC4CC3C4)n2)cc1OC(F)F. The number of alkyl halides is 2. The largest absolute Gasteiger partial charge is 0.431 e. The summed E-state index contributed by atoms with van der Waals surface area (Å²) in [5, 5.41) is 0. The molecule has 1 aliphatic carbocycles. The molecule has 29 heavy (non-hydrogen) atoms. The molecular formula is C19H22F2N6O2. The third-order valence-electron chi connectivity index (χ3n) is 5.79. The van der Waals surface area contributed by atoms with Crippen LogP contribution in [0.3, 0.4) is 0 Å². The number of hydrogen-bond acceptors (Lipinski definition) is 8. The minimum Gasteiger partial charge on any atom is -0.431 e. The van der Waals surface area contributed by atoms with Gasteiger partial charge in [0, 0.05) is 43.5 Å². The number of nitrogens with two attached hydrogens (primary N) is 1. The number of nitrogens with zero attached hydrogens (tertiary/aromatic N) is 5. The van der Waals surface area contributed by atoms with Gasteiger partial charge in [-0.25, -0.2) is 9.97 Å². The quantitative estimate of drug-likeness (QED) is 0.811. The van der Waals surface area contributed by atoms with E-state index in [1.54, 1.807) is 0 Å². The first-order chi connectivity index (χ1) is 14.1. The summed E-state index contributed by atoms with van der Waals surface area (Å²) in [6, 6.07) is 3.79. The van der Waals surface area contributed by atoms with Gasteiger partial charge < -0.3 is 25.0 Å². The second kappa shape index (κ2) is 7.25. The molecule has 2 aromatic rings. The molecular weight excluding hydrogens is 382 g/mol. The highest BCUT2D eigenvalue weighted by atomic mass is 19.3. The van der Waals surface area contributed by atoms with Gasteiger partial charge in [0.15, 0.2) is 11.6 Å². The molecule has 0 radical (unpaired) electrons. The van der Waals surface area contributed by atoms with Gasteiger partial charge in [-0.1, -0.05) is 0 Å². The molecule has 10 heteroatoms. The van der Waals surface area contributed by atoms with Crippen LogP contribution in [0.2, 0.25) is 0 Å². The molecule has 8 nitrogen and oxygen atoms in total. The van der Waals surface area contributed by atoms with Gasteiger partial charge in [-0.2, -0.15) is 13.8 Å². The predicted octanol–water partition coefficient (Wildman–Crippen LogP) is 2.16. The molecule has 1 saturated carbocycles. The minimum absolute atomic E-state index is 0.0860. The summed E-state index contributed by atoms with van der Waals surface area (Å²) in [7, 11) is 0. The average molecular weight is 404 g/mol. The second-order valence-corrected chi connectivity index (χ2v) is 7.64. The van der Waals surface area contributed by atoms with Crippen molar-refractivity contribution in [1.82, 2.24) is 15.0 Å². The van der Waals surface area contributed by atoms with E-state index in [1.807, 2.05) is 6.07 Å². The monoisotopic (exact) mass is 404 g/mol. The third kappa shape index (κ3) is 3.52. The predicted molar refractivity (Wildman–Crippen MR) is 103 cm³/mol. The maximum Gasteiger partial charge on any atom is 0.387 e. The lowest BCUT2D eigenvalue weighted by Gasteiger charge is -2.30. The van der Waals surface area contributed by atoms with Gasteiger partial charge in [0.1, 0.15) is 5.82 Å². The van der Waals surface area contributed by atoms with Crippen LogP contribution < -0.4 is 20.3 Å². The standard InChI is InChI=1S/C19H22F2N6O2/c20-18(21)29-15-7-12(9-23-17(15)22)14-8-16(26-1-3-28-4-2-26)25-19(24-14)27-10-11-5-13(27)6-11/h7-9,11,13,18H,1-6,10H2,(H2,22,23). The molecule has 2 bridgehead atoms. The zero-order valence-corrected chi connectivity index (χ0v) is 15.8. The molecule has 5 heterocycles. The maximum absolute atomic E-state index is 12.7. The van der Waals surface area contributed by atoms with Crippen molar-refractivity contribution >= 4 is 17.6 Å². The van der Waals surface area contributed by atoms with E-state index in [9.17, 15) is 8.78 Å². The number of halogens is 2. The van der Waals surface area contributed by atoms with E-state index in [0.29, 0.717) is 42.4 Å². The number of hydrogen-bond donors (Lipinski definition) is 1. The highest BCUT2D eigenvalue weighted by molar-refractivity contribution is 5.68. The zero-order valence-electron chi connectivity index (χ0n) is 15.8. The Morgan fingerprint density at radius 3 is 2.66 bits per heavy atom. The lowest BCUT2D eigenvalue weighted by Crippen LogP contribution is -2.37. The molecule has 0 unspecified atom stereocenters. The summed E-state index contributed by atoms with van der Waals surface area (Å²) in [6.45, 7) is 0.730. The Balaban J connectivity index is 1.54. The van der Waals surface area contributed by atoms with E-state index in [1.165, 1.54) is 25.1 Å². The van der Waals surface area contributed by atoms with Gasteiger partial charge in [0.25, 0.3) is 0 Å². The van der Waals surface area contributed by atoms with Gasteiger partial charge in [0.05, 0.1) is 18.9 Å². The maximum atomic E-state index is 12.7. The van der Waals surface area contributed by atoms with E-state index in [2.05, 4.69) is 19.5 Å². The molecule has 6 rings (SSSR count). The minimum atomic E-state index is -2.98. The summed E-state index contributed by atoms with van der Waals surface area (Å²) in [4.78, 5) is 18.0. The van der Waals surface area contributed by atoms with Crippen LogP contribution in [0.15, 0.2) is 18.3 Å². The molecule has 154 valence electrons. The Hall–Kier alpha value is -2.75.